The van der Waals surface area contributed by atoms with E-state index in [0.717, 1.165) is 15.6 Å². The van der Waals surface area contributed by atoms with Gasteiger partial charge < -0.3 is 5.11 Å². The van der Waals surface area contributed by atoms with Crippen LogP contribution in [0.1, 0.15) is 10.4 Å². The van der Waals surface area contributed by atoms with Crippen LogP contribution in [0.4, 0.5) is 5.69 Å². The SMILES string of the molecule is CN(c1ccc(C(=O)O)cc1)S(=O)(=O)c1sccc1Br. The van der Waals surface area contributed by atoms with E-state index in [9.17, 15) is 13.2 Å². The van der Waals surface area contributed by atoms with Crippen LogP contribution in [0.15, 0.2) is 44.4 Å². The van der Waals surface area contributed by atoms with E-state index in [0.29, 0.717) is 10.2 Å². The van der Waals surface area contributed by atoms with Gasteiger partial charge in [0.05, 0.1) is 11.3 Å². The average Bonchev–Trinajstić information content (AvgIpc) is 2.85. The molecule has 8 heteroatoms. The topological polar surface area (TPSA) is 74.7 Å². The number of anilines is 1. The van der Waals surface area contributed by atoms with Crippen molar-refractivity contribution in [3.8, 4) is 0 Å². The molecule has 5 nitrogen and oxygen atoms in total. The third-order valence-electron chi connectivity index (χ3n) is 2.66. The van der Waals surface area contributed by atoms with Gasteiger partial charge in [-0.3, -0.25) is 4.31 Å². The first-order valence-corrected chi connectivity index (χ1v) is 8.50. The number of carboxylic acids is 1. The van der Waals surface area contributed by atoms with E-state index in [1.165, 1.54) is 31.3 Å². The fourth-order valence-corrected chi connectivity index (χ4v) is 5.20. The minimum Gasteiger partial charge on any atom is -0.478 e. The molecular weight excluding hydrogens is 366 g/mol. The molecule has 0 saturated heterocycles. The van der Waals surface area contributed by atoms with Gasteiger partial charge in [-0.1, -0.05) is 0 Å². The second-order valence-electron chi connectivity index (χ2n) is 3.88. The number of halogens is 1. The van der Waals surface area contributed by atoms with Crippen molar-refractivity contribution in [1.82, 2.24) is 0 Å². The zero-order valence-corrected chi connectivity index (χ0v) is 13.5. The van der Waals surface area contributed by atoms with Gasteiger partial charge in [0, 0.05) is 11.5 Å². The molecule has 20 heavy (non-hydrogen) atoms. The Balaban J connectivity index is 2.38. The Morgan fingerprint density at radius 1 is 1.25 bits per heavy atom. The quantitative estimate of drug-likeness (QED) is 0.890. The first-order chi connectivity index (χ1) is 9.34. The molecule has 2 aromatic rings. The number of nitrogens with zero attached hydrogens (tertiary/aromatic N) is 1. The fraction of sp³-hybridized carbons (Fsp3) is 0.0833. The lowest BCUT2D eigenvalue weighted by Crippen LogP contribution is -2.26. The van der Waals surface area contributed by atoms with E-state index >= 15 is 0 Å². The van der Waals surface area contributed by atoms with Gasteiger partial charge in [-0.25, -0.2) is 13.2 Å². The molecule has 0 fully saturated rings. The van der Waals surface area contributed by atoms with Crippen LogP contribution in [-0.4, -0.2) is 26.5 Å². The monoisotopic (exact) mass is 375 g/mol. The van der Waals surface area contributed by atoms with Crippen LogP contribution in [0, 0.1) is 0 Å². The first-order valence-electron chi connectivity index (χ1n) is 5.39. The maximum Gasteiger partial charge on any atom is 0.335 e. The fourth-order valence-electron chi connectivity index (χ4n) is 1.54. The first kappa shape index (κ1) is 15.0. The number of hydrogen-bond acceptors (Lipinski definition) is 4. The minimum absolute atomic E-state index is 0.108. The Hall–Kier alpha value is -1.38. The second kappa shape index (κ2) is 5.55. The maximum atomic E-state index is 12.4. The summed E-state index contributed by atoms with van der Waals surface area (Å²) in [5, 5.41) is 10.5. The summed E-state index contributed by atoms with van der Waals surface area (Å²) in [4.78, 5) is 10.8. The highest BCUT2D eigenvalue weighted by Gasteiger charge is 2.25. The van der Waals surface area contributed by atoms with Crippen molar-refractivity contribution in [2.24, 2.45) is 0 Å². The average molecular weight is 376 g/mol. The molecule has 0 aliphatic heterocycles. The van der Waals surface area contributed by atoms with Crippen LogP contribution in [-0.2, 0) is 10.0 Å². The van der Waals surface area contributed by atoms with Crippen molar-refractivity contribution in [1.29, 1.82) is 0 Å². The number of rotatable bonds is 4. The van der Waals surface area contributed by atoms with Gasteiger partial charge >= 0.3 is 5.97 Å². The van der Waals surface area contributed by atoms with Crippen LogP contribution in [0.5, 0.6) is 0 Å². The maximum absolute atomic E-state index is 12.4. The van der Waals surface area contributed by atoms with E-state index in [1.807, 2.05) is 0 Å². The standard InChI is InChI=1S/C12H10BrNO4S2/c1-14(9-4-2-8(3-5-9)11(15)16)20(17,18)12-10(13)6-7-19-12/h2-7H,1H3,(H,15,16). The Bertz CT molecular complexity index is 737. The van der Waals surface area contributed by atoms with Gasteiger partial charge in [-0.2, -0.15) is 0 Å². The second-order valence-corrected chi connectivity index (χ2v) is 7.82. The predicted molar refractivity (Wildman–Crippen MR) is 81.0 cm³/mol. The smallest absolute Gasteiger partial charge is 0.335 e. The van der Waals surface area contributed by atoms with Crippen LogP contribution in [0.25, 0.3) is 0 Å². The molecule has 1 aromatic heterocycles. The summed E-state index contributed by atoms with van der Waals surface area (Å²) >= 11 is 4.32. The number of hydrogen-bond donors (Lipinski definition) is 1. The van der Waals surface area contributed by atoms with Crippen molar-refractivity contribution < 1.29 is 18.3 Å². The van der Waals surface area contributed by atoms with Crippen molar-refractivity contribution in [2.45, 2.75) is 4.21 Å². The van der Waals surface area contributed by atoms with Crippen molar-refractivity contribution in [3.05, 3.63) is 45.7 Å². The Kier molecular flexibility index (Phi) is 4.17. The minimum atomic E-state index is -3.65. The molecule has 0 aliphatic carbocycles. The number of carboxylic acid groups (broad SMARTS) is 1. The lowest BCUT2D eigenvalue weighted by Gasteiger charge is -2.18. The van der Waals surface area contributed by atoms with Gasteiger partial charge in [0.1, 0.15) is 0 Å². The normalized spacial score (nSPS) is 11.3. The number of sulfonamides is 1. The van der Waals surface area contributed by atoms with Gasteiger partial charge in [0.2, 0.25) is 0 Å². The molecule has 0 unspecified atom stereocenters. The molecule has 0 atom stereocenters. The number of thiophene rings is 1. The predicted octanol–water partition coefficient (Wildman–Crippen LogP) is 3.03. The molecule has 0 radical (unpaired) electrons. The van der Waals surface area contributed by atoms with Gasteiger partial charge in [-0.05, 0) is 51.6 Å². The Labute approximate surface area is 128 Å². The van der Waals surface area contributed by atoms with Crippen molar-refractivity contribution >= 4 is 48.9 Å². The van der Waals surface area contributed by atoms with Crippen LogP contribution < -0.4 is 4.31 Å². The molecule has 0 bridgehead atoms. The zero-order chi connectivity index (χ0) is 14.9. The van der Waals surface area contributed by atoms with Crippen molar-refractivity contribution in [2.75, 3.05) is 11.4 Å². The highest BCUT2D eigenvalue weighted by molar-refractivity contribution is 9.10. The third-order valence-corrected chi connectivity index (χ3v) is 7.09. The molecule has 1 aromatic carbocycles. The van der Waals surface area contributed by atoms with Crippen molar-refractivity contribution in [3.63, 3.8) is 0 Å². The molecule has 1 N–H and O–H groups in total. The molecule has 106 valence electrons. The van der Waals surface area contributed by atoms with E-state index < -0.39 is 16.0 Å². The van der Waals surface area contributed by atoms with Crippen LogP contribution in [0.2, 0.25) is 0 Å². The zero-order valence-electron chi connectivity index (χ0n) is 10.3. The summed E-state index contributed by atoms with van der Waals surface area (Å²) < 4.78 is 26.7. The summed E-state index contributed by atoms with van der Waals surface area (Å²) in [6, 6.07) is 7.32. The molecular formula is C12H10BrNO4S2. The lowest BCUT2D eigenvalue weighted by atomic mass is 10.2. The summed E-state index contributed by atoms with van der Waals surface area (Å²) in [6.07, 6.45) is 0. The van der Waals surface area contributed by atoms with Gasteiger partial charge in [0.25, 0.3) is 10.0 Å². The Morgan fingerprint density at radius 2 is 1.85 bits per heavy atom. The van der Waals surface area contributed by atoms with E-state index in [1.54, 1.807) is 11.4 Å². The summed E-state index contributed by atoms with van der Waals surface area (Å²) in [6.45, 7) is 0. The van der Waals surface area contributed by atoms with Crippen LogP contribution in [0.3, 0.4) is 0 Å². The van der Waals surface area contributed by atoms with Crippen LogP contribution >= 0.6 is 27.3 Å². The summed E-state index contributed by atoms with van der Waals surface area (Å²) in [5.41, 5.74) is 0.507. The largest absolute Gasteiger partial charge is 0.478 e. The summed E-state index contributed by atoms with van der Waals surface area (Å²) in [7, 11) is -2.23. The lowest BCUT2D eigenvalue weighted by molar-refractivity contribution is 0.0697. The molecule has 0 spiro atoms. The Morgan fingerprint density at radius 3 is 2.30 bits per heavy atom. The number of carbonyl (C=O) groups is 1. The number of benzene rings is 1. The molecule has 0 saturated carbocycles. The molecule has 1 heterocycles. The van der Waals surface area contributed by atoms with E-state index in [2.05, 4.69) is 15.9 Å². The highest BCUT2D eigenvalue weighted by atomic mass is 79.9. The number of aromatic carboxylic acids is 1. The highest BCUT2D eigenvalue weighted by Crippen LogP contribution is 2.31. The molecule has 0 aliphatic rings. The summed E-state index contributed by atoms with van der Waals surface area (Å²) in [5.74, 6) is -1.05. The van der Waals surface area contributed by atoms with Gasteiger partial charge in [0.15, 0.2) is 4.21 Å². The third kappa shape index (κ3) is 2.72. The van der Waals surface area contributed by atoms with E-state index in [-0.39, 0.29) is 9.77 Å². The molecule has 0 amide bonds. The van der Waals surface area contributed by atoms with E-state index in [4.69, 9.17) is 5.11 Å². The molecule has 2 rings (SSSR count). The van der Waals surface area contributed by atoms with Gasteiger partial charge in [-0.15, -0.1) is 11.3 Å².